The fourth-order valence-electron chi connectivity index (χ4n) is 1.86. The van der Waals surface area contributed by atoms with Crippen LogP contribution in [-0.2, 0) is 5.75 Å². The number of hydrogen-bond acceptors (Lipinski definition) is 4. The molecule has 2 aromatic rings. The molecule has 106 valence electrons. The molecule has 0 fully saturated rings. The van der Waals surface area contributed by atoms with Gasteiger partial charge in [-0.15, -0.1) is 0 Å². The molecule has 0 aliphatic heterocycles. The van der Waals surface area contributed by atoms with Crippen LogP contribution >= 0.6 is 11.8 Å². The zero-order valence-electron chi connectivity index (χ0n) is 12.3. The average molecular weight is 287 g/mol. The van der Waals surface area contributed by atoms with E-state index < -0.39 is 0 Å². The van der Waals surface area contributed by atoms with Gasteiger partial charge >= 0.3 is 0 Å². The number of nitrogen functional groups attached to an aromatic ring is 1. The first-order valence-electron chi connectivity index (χ1n) is 6.91. The Morgan fingerprint density at radius 2 is 1.90 bits per heavy atom. The number of nitrogens with two attached hydrogens (primary N) is 1. The van der Waals surface area contributed by atoms with Crippen molar-refractivity contribution in [3.63, 3.8) is 0 Å². The molecule has 4 heteroatoms. The summed E-state index contributed by atoms with van der Waals surface area (Å²) < 4.78 is 0. The van der Waals surface area contributed by atoms with E-state index >= 15 is 0 Å². The molecule has 2 rings (SSSR count). The standard InChI is InChI=1S/C16H21N3S/c1-4-11(2)20-10-14-18-15(12(3)16(17)19-14)13-8-6-5-7-9-13/h5-9,11H,4,10H2,1-3H3,(H2,17,18,19). The van der Waals surface area contributed by atoms with E-state index in [1.165, 1.54) is 0 Å². The number of nitrogens with zero attached hydrogens (tertiary/aromatic N) is 2. The fraction of sp³-hybridized carbons (Fsp3) is 0.375. The number of thioether (sulfide) groups is 1. The first-order chi connectivity index (χ1) is 9.61. The third-order valence-corrected chi connectivity index (χ3v) is 4.68. The van der Waals surface area contributed by atoms with E-state index in [0.717, 1.165) is 34.8 Å². The molecule has 1 atom stereocenters. The Bertz CT molecular complexity index is 569. The highest BCUT2D eigenvalue weighted by atomic mass is 32.2. The summed E-state index contributed by atoms with van der Waals surface area (Å²) in [6, 6.07) is 10.1. The summed E-state index contributed by atoms with van der Waals surface area (Å²) in [4.78, 5) is 9.11. The molecule has 1 heterocycles. The van der Waals surface area contributed by atoms with Crippen molar-refractivity contribution in [1.82, 2.24) is 9.97 Å². The third-order valence-electron chi connectivity index (χ3n) is 3.35. The molecule has 20 heavy (non-hydrogen) atoms. The second-order valence-corrected chi connectivity index (χ2v) is 6.32. The second kappa shape index (κ2) is 6.75. The van der Waals surface area contributed by atoms with Crippen LogP contribution in [0.1, 0.15) is 31.7 Å². The normalized spacial score (nSPS) is 12.3. The maximum absolute atomic E-state index is 6.04. The Labute approximate surface area is 125 Å². The van der Waals surface area contributed by atoms with Crippen molar-refractivity contribution in [3.8, 4) is 11.3 Å². The van der Waals surface area contributed by atoms with Crippen molar-refractivity contribution in [2.24, 2.45) is 0 Å². The van der Waals surface area contributed by atoms with Gasteiger partial charge in [-0.25, -0.2) is 9.97 Å². The second-order valence-electron chi connectivity index (χ2n) is 4.89. The SMILES string of the molecule is CCC(C)SCc1nc(N)c(C)c(-c2ccccc2)n1. The predicted octanol–water partition coefficient (Wildman–Crippen LogP) is 4.07. The highest BCUT2D eigenvalue weighted by molar-refractivity contribution is 7.99. The van der Waals surface area contributed by atoms with Crippen LogP contribution in [0.3, 0.4) is 0 Å². The van der Waals surface area contributed by atoms with Gasteiger partial charge in [0.25, 0.3) is 0 Å². The van der Waals surface area contributed by atoms with Gasteiger partial charge in [-0.3, -0.25) is 0 Å². The Morgan fingerprint density at radius 1 is 1.20 bits per heavy atom. The Balaban J connectivity index is 2.31. The zero-order valence-corrected chi connectivity index (χ0v) is 13.1. The van der Waals surface area contributed by atoms with Gasteiger partial charge in [-0.05, 0) is 13.3 Å². The van der Waals surface area contributed by atoms with Crippen molar-refractivity contribution >= 4 is 17.6 Å². The van der Waals surface area contributed by atoms with Crippen molar-refractivity contribution in [3.05, 3.63) is 41.7 Å². The zero-order chi connectivity index (χ0) is 14.5. The van der Waals surface area contributed by atoms with Gasteiger partial charge in [0, 0.05) is 16.4 Å². The van der Waals surface area contributed by atoms with E-state index in [2.05, 4.69) is 31.0 Å². The summed E-state index contributed by atoms with van der Waals surface area (Å²) >= 11 is 1.87. The summed E-state index contributed by atoms with van der Waals surface area (Å²) in [5.74, 6) is 2.20. The molecular formula is C16H21N3S. The van der Waals surface area contributed by atoms with Crippen molar-refractivity contribution in [2.75, 3.05) is 5.73 Å². The van der Waals surface area contributed by atoms with E-state index in [0.29, 0.717) is 11.1 Å². The van der Waals surface area contributed by atoms with Crippen molar-refractivity contribution < 1.29 is 0 Å². The van der Waals surface area contributed by atoms with Gasteiger partial charge in [0.1, 0.15) is 11.6 Å². The minimum Gasteiger partial charge on any atom is -0.383 e. The fourth-order valence-corrected chi connectivity index (χ4v) is 2.66. The summed E-state index contributed by atoms with van der Waals surface area (Å²) in [7, 11) is 0. The van der Waals surface area contributed by atoms with Crippen molar-refractivity contribution in [2.45, 2.75) is 38.2 Å². The predicted molar refractivity (Wildman–Crippen MR) is 87.7 cm³/mol. The van der Waals surface area contributed by atoms with Gasteiger partial charge in [0.2, 0.25) is 0 Å². The number of hydrogen-bond donors (Lipinski definition) is 1. The molecule has 0 spiro atoms. The van der Waals surface area contributed by atoms with Gasteiger partial charge in [0.15, 0.2) is 0 Å². The monoisotopic (exact) mass is 287 g/mol. The van der Waals surface area contributed by atoms with Crippen LogP contribution in [0.15, 0.2) is 30.3 Å². The lowest BCUT2D eigenvalue weighted by Gasteiger charge is -2.12. The first-order valence-corrected chi connectivity index (χ1v) is 7.96. The highest BCUT2D eigenvalue weighted by Gasteiger charge is 2.11. The number of anilines is 1. The van der Waals surface area contributed by atoms with Crippen LogP contribution in [0.5, 0.6) is 0 Å². The average Bonchev–Trinajstić information content (AvgIpc) is 2.48. The van der Waals surface area contributed by atoms with Gasteiger partial charge in [0.05, 0.1) is 11.4 Å². The van der Waals surface area contributed by atoms with E-state index in [1.54, 1.807) is 0 Å². The minimum atomic E-state index is 0.582. The van der Waals surface area contributed by atoms with Crippen LogP contribution in [-0.4, -0.2) is 15.2 Å². The summed E-state index contributed by atoms with van der Waals surface area (Å²) in [5.41, 5.74) is 9.02. The summed E-state index contributed by atoms with van der Waals surface area (Å²) in [6.45, 7) is 6.39. The molecule has 0 saturated carbocycles. The number of aromatic nitrogens is 2. The molecule has 2 N–H and O–H groups in total. The Hall–Kier alpha value is -1.55. The van der Waals surface area contributed by atoms with Crippen LogP contribution < -0.4 is 5.73 Å². The Morgan fingerprint density at radius 3 is 2.55 bits per heavy atom. The smallest absolute Gasteiger partial charge is 0.141 e. The molecule has 0 aliphatic rings. The lowest BCUT2D eigenvalue weighted by Crippen LogP contribution is -2.05. The Kier molecular flexibility index (Phi) is 5.01. The van der Waals surface area contributed by atoms with Crippen LogP contribution in [0, 0.1) is 6.92 Å². The molecule has 0 saturated heterocycles. The van der Waals surface area contributed by atoms with Crippen molar-refractivity contribution in [1.29, 1.82) is 0 Å². The van der Waals surface area contributed by atoms with Gasteiger partial charge < -0.3 is 5.73 Å². The molecule has 3 nitrogen and oxygen atoms in total. The first kappa shape index (κ1) is 14.9. The third kappa shape index (κ3) is 3.51. The lowest BCUT2D eigenvalue weighted by molar-refractivity contribution is 0.901. The molecule has 0 radical (unpaired) electrons. The summed E-state index contributed by atoms with van der Waals surface area (Å²) in [5, 5.41) is 0.612. The maximum atomic E-state index is 6.04. The minimum absolute atomic E-state index is 0.582. The molecule has 1 aromatic heterocycles. The molecule has 0 bridgehead atoms. The molecular weight excluding hydrogens is 266 g/mol. The summed E-state index contributed by atoms with van der Waals surface area (Å²) in [6.07, 6.45) is 1.15. The maximum Gasteiger partial charge on any atom is 0.141 e. The molecule has 1 unspecified atom stereocenters. The van der Waals surface area contributed by atoms with E-state index in [4.69, 9.17) is 10.7 Å². The number of benzene rings is 1. The molecule has 0 aliphatic carbocycles. The van der Waals surface area contributed by atoms with Crippen LogP contribution in [0.2, 0.25) is 0 Å². The van der Waals surface area contributed by atoms with Gasteiger partial charge in [-0.1, -0.05) is 44.2 Å². The largest absolute Gasteiger partial charge is 0.383 e. The van der Waals surface area contributed by atoms with E-state index in [1.807, 2.05) is 36.9 Å². The van der Waals surface area contributed by atoms with E-state index in [9.17, 15) is 0 Å². The molecule has 0 amide bonds. The van der Waals surface area contributed by atoms with Crippen LogP contribution in [0.4, 0.5) is 5.82 Å². The molecule has 1 aromatic carbocycles. The lowest BCUT2D eigenvalue weighted by atomic mass is 10.1. The van der Waals surface area contributed by atoms with E-state index in [-0.39, 0.29) is 0 Å². The van der Waals surface area contributed by atoms with Crippen LogP contribution in [0.25, 0.3) is 11.3 Å². The number of rotatable bonds is 5. The van der Waals surface area contributed by atoms with Gasteiger partial charge in [-0.2, -0.15) is 11.8 Å². The highest BCUT2D eigenvalue weighted by Crippen LogP contribution is 2.26. The topological polar surface area (TPSA) is 51.8 Å². The quantitative estimate of drug-likeness (QED) is 0.900.